The number of nitrogens with zero attached hydrogens (tertiary/aromatic N) is 4. The van der Waals surface area contributed by atoms with Gasteiger partial charge in [-0.2, -0.15) is 0 Å². The molecule has 1 aliphatic rings. The van der Waals surface area contributed by atoms with Crippen molar-refractivity contribution in [1.82, 2.24) is 25.5 Å². The highest BCUT2D eigenvalue weighted by Crippen LogP contribution is 2.30. The molecule has 3 heterocycles. The van der Waals surface area contributed by atoms with E-state index in [1.807, 2.05) is 42.6 Å². The number of carbonyl (C=O) groups is 2. The molecule has 2 aromatic heterocycles. The number of piperazine rings is 1. The minimum Gasteiger partial charge on any atom is -0.495 e. The van der Waals surface area contributed by atoms with Crippen LogP contribution in [0.3, 0.4) is 0 Å². The molecular weight excluding hydrogens is 444 g/mol. The number of nitrogens with one attached hydrogen (secondary N) is 2. The Morgan fingerprint density at radius 3 is 2.43 bits per heavy atom. The molecule has 1 atom stereocenters. The van der Waals surface area contributed by atoms with E-state index in [-0.39, 0.29) is 12.6 Å². The smallest absolute Gasteiger partial charge is 0.309 e. The Kier molecular flexibility index (Phi) is 8.24. The van der Waals surface area contributed by atoms with Crippen molar-refractivity contribution >= 4 is 17.5 Å². The lowest BCUT2D eigenvalue weighted by atomic mass is 10.1. The van der Waals surface area contributed by atoms with Gasteiger partial charge in [-0.1, -0.05) is 24.3 Å². The van der Waals surface area contributed by atoms with Crippen molar-refractivity contribution in [2.45, 2.75) is 12.6 Å². The van der Waals surface area contributed by atoms with Gasteiger partial charge in [0.25, 0.3) is 0 Å². The number of carbonyl (C=O) groups excluding carboxylic acids is 2. The van der Waals surface area contributed by atoms with Crippen LogP contribution in [-0.2, 0) is 16.1 Å². The Labute approximate surface area is 205 Å². The summed E-state index contributed by atoms with van der Waals surface area (Å²) in [5.74, 6) is -0.488. The van der Waals surface area contributed by atoms with Gasteiger partial charge in [0.2, 0.25) is 0 Å². The monoisotopic (exact) mass is 474 g/mol. The van der Waals surface area contributed by atoms with Crippen molar-refractivity contribution in [2.24, 2.45) is 0 Å². The molecule has 0 spiro atoms. The molecule has 2 amide bonds. The molecule has 182 valence electrons. The number of aromatic nitrogens is 2. The predicted octanol–water partition coefficient (Wildman–Crippen LogP) is 1.78. The molecule has 1 fully saturated rings. The highest BCUT2D eigenvalue weighted by atomic mass is 16.5. The number of rotatable bonds is 8. The summed E-state index contributed by atoms with van der Waals surface area (Å²) in [7, 11) is 1.68. The summed E-state index contributed by atoms with van der Waals surface area (Å²) >= 11 is 0. The zero-order valence-electron chi connectivity index (χ0n) is 19.8. The number of hydrogen-bond acceptors (Lipinski definition) is 7. The van der Waals surface area contributed by atoms with Crippen molar-refractivity contribution < 1.29 is 14.3 Å². The van der Waals surface area contributed by atoms with Gasteiger partial charge >= 0.3 is 11.8 Å². The van der Waals surface area contributed by atoms with Crippen LogP contribution in [0, 0.1) is 0 Å². The average Bonchev–Trinajstić information content (AvgIpc) is 2.93. The maximum absolute atomic E-state index is 12.5. The predicted molar refractivity (Wildman–Crippen MR) is 133 cm³/mol. The molecule has 0 radical (unpaired) electrons. The lowest BCUT2D eigenvalue weighted by Gasteiger charge is -2.40. The fourth-order valence-electron chi connectivity index (χ4n) is 4.22. The number of ether oxygens (including phenoxy) is 1. The van der Waals surface area contributed by atoms with Crippen LogP contribution in [0.2, 0.25) is 0 Å². The number of para-hydroxylation sites is 2. The standard InChI is InChI=1S/C26H30N6O3/c1-35-24-10-3-2-9-22(24)31-13-15-32(16-14-31)23(20-7-6-11-27-17-20)19-30-26(34)25(33)29-18-21-8-4-5-12-28-21/h2-12,17,23H,13-16,18-19H2,1H3,(H,29,33)(H,30,34). The molecule has 0 aliphatic carbocycles. The third-order valence-electron chi connectivity index (χ3n) is 6.07. The first-order valence-corrected chi connectivity index (χ1v) is 11.6. The van der Waals surface area contributed by atoms with E-state index in [1.54, 1.807) is 31.6 Å². The normalized spacial score (nSPS) is 14.7. The van der Waals surface area contributed by atoms with Crippen LogP contribution in [-0.4, -0.2) is 66.5 Å². The maximum atomic E-state index is 12.5. The van der Waals surface area contributed by atoms with Crippen molar-refractivity contribution in [1.29, 1.82) is 0 Å². The van der Waals surface area contributed by atoms with Crippen molar-refractivity contribution in [3.63, 3.8) is 0 Å². The second kappa shape index (κ2) is 11.9. The highest BCUT2D eigenvalue weighted by molar-refractivity contribution is 6.35. The van der Waals surface area contributed by atoms with Gasteiger partial charge in [-0.3, -0.25) is 24.5 Å². The molecule has 35 heavy (non-hydrogen) atoms. The van der Waals surface area contributed by atoms with Crippen LogP contribution < -0.4 is 20.3 Å². The van der Waals surface area contributed by atoms with E-state index in [0.717, 1.165) is 43.2 Å². The first-order chi connectivity index (χ1) is 17.2. The molecule has 1 aliphatic heterocycles. The van der Waals surface area contributed by atoms with Gasteiger partial charge < -0.3 is 20.3 Å². The van der Waals surface area contributed by atoms with Gasteiger partial charge in [0.15, 0.2) is 0 Å². The number of amides is 2. The topological polar surface area (TPSA) is 99.7 Å². The SMILES string of the molecule is COc1ccccc1N1CCN(C(CNC(=O)C(=O)NCc2ccccn2)c2cccnc2)CC1. The van der Waals surface area contributed by atoms with Crippen LogP contribution in [0.15, 0.2) is 73.2 Å². The van der Waals surface area contributed by atoms with Crippen molar-refractivity contribution in [2.75, 3.05) is 44.7 Å². The summed E-state index contributed by atoms with van der Waals surface area (Å²) < 4.78 is 5.52. The lowest BCUT2D eigenvalue weighted by Crippen LogP contribution is -2.51. The molecule has 1 saturated heterocycles. The lowest BCUT2D eigenvalue weighted by molar-refractivity contribution is -0.139. The first kappa shape index (κ1) is 24.2. The summed E-state index contributed by atoms with van der Waals surface area (Å²) in [6, 6.07) is 17.2. The number of hydrogen-bond donors (Lipinski definition) is 2. The Morgan fingerprint density at radius 1 is 0.943 bits per heavy atom. The molecule has 1 aromatic carbocycles. The zero-order valence-corrected chi connectivity index (χ0v) is 19.8. The molecule has 0 bridgehead atoms. The molecule has 3 aromatic rings. The fraction of sp³-hybridized carbons (Fsp3) is 0.308. The van der Waals surface area contributed by atoms with Crippen LogP contribution in [0.25, 0.3) is 0 Å². The van der Waals surface area contributed by atoms with Crippen molar-refractivity contribution in [3.05, 3.63) is 84.4 Å². The average molecular weight is 475 g/mol. The molecule has 0 saturated carbocycles. The van der Waals surface area contributed by atoms with Gasteiger partial charge in [0, 0.05) is 51.3 Å². The molecule has 9 heteroatoms. The number of anilines is 1. The van der Waals surface area contributed by atoms with Gasteiger partial charge in [-0.05, 0) is 35.9 Å². The molecule has 2 N–H and O–H groups in total. The summed E-state index contributed by atoms with van der Waals surface area (Å²) in [6.45, 7) is 3.71. The van der Waals surface area contributed by atoms with Crippen LogP contribution in [0.1, 0.15) is 17.3 Å². The number of pyridine rings is 2. The van der Waals surface area contributed by atoms with E-state index in [2.05, 4.69) is 36.5 Å². The van der Waals surface area contributed by atoms with Crippen LogP contribution in [0.5, 0.6) is 5.75 Å². The Bertz CT molecular complexity index is 1100. The van der Waals surface area contributed by atoms with Crippen LogP contribution >= 0.6 is 0 Å². The molecule has 9 nitrogen and oxygen atoms in total. The quantitative estimate of drug-likeness (QED) is 0.480. The number of methoxy groups -OCH3 is 1. The van der Waals surface area contributed by atoms with Gasteiger partial charge in [0.05, 0.1) is 31.1 Å². The molecule has 1 unspecified atom stereocenters. The summed E-state index contributed by atoms with van der Waals surface area (Å²) in [5, 5.41) is 5.42. The van der Waals surface area contributed by atoms with E-state index in [9.17, 15) is 9.59 Å². The Hall–Kier alpha value is -3.98. The van der Waals surface area contributed by atoms with Crippen molar-refractivity contribution in [3.8, 4) is 5.75 Å². The van der Waals surface area contributed by atoms with Gasteiger partial charge in [-0.25, -0.2) is 0 Å². The molecule has 4 rings (SSSR count). The van der Waals surface area contributed by atoms with E-state index >= 15 is 0 Å². The first-order valence-electron chi connectivity index (χ1n) is 11.6. The minimum absolute atomic E-state index is 0.101. The fourth-order valence-corrected chi connectivity index (χ4v) is 4.22. The van der Waals surface area contributed by atoms with E-state index < -0.39 is 11.8 Å². The highest BCUT2D eigenvalue weighted by Gasteiger charge is 2.27. The zero-order chi connectivity index (χ0) is 24.5. The summed E-state index contributed by atoms with van der Waals surface area (Å²) in [5.41, 5.74) is 2.76. The second-order valence-corrected chi connectivity index (χ2v) is 8.21. The van der Waals surface area contributed by atoms with Gasteiger partial charge in [0.1, 0.15) is 5.75 Å². The summed E-state index contributed by atoms with van der Waals surface area (Å²) in [6.07, 6.45) is 5.18. The summed E-state index contributed by atoms with van der Waals surface area (Å²) in [4.78, 5) is 37.8. The van der Waals surface area contributed by atoms with E-state index in [4.69, 9.17) is 4.74 Å². The van der Waals surface area contributed by atoms with Gasteiger partial charge in [-0.15, -0.1) is 0 Å². The largest absolute Gasteiger partial charge is 0.495 e. The van der Waals surface area contributed by atoms with Crippen LogP contribution in [0.4, 0.5) is 5.69 Å². The van der Waals surface area contributed by atoms with E-state index in [0.29, 0.717) is 12.2 Å². The Morgan fingerprint density at radius 2 is 1.71 bits per heavy atom. The third kappa shape index (κ3) is 6.33. The maximum Gasteiger partial charge on any atom is 0.309 e. The van der Waals surface area contributed by atoms with E-state index in [1.165, 1.54) is 0 Å². The Balaban J connectivity index is 1.36. The molecular formula is C26H30N6O3. The number of benzene rings is 1. The second-order valence-electron chi connectivity index (χ2n) is 8.21. The minimum atomic E-state index is -0.679. The third-order valence-corrected chi connectivity index (χ3v) is 6.07.